The lowest BCUT2D eigenvalue weighted by atomic mass is 10.1. The number of hydrogen-bond donors (Lipinski definition) is 0. The molecular formula is C12H10ClNO. The van der Waals surface area contributed by atoms with Gasteiger partial charge in [-0.2, -0.15) is 0 Å². The Hall–Kier alpha value is -1.54. The quantitative estimate of drug-likeness (QED) is 0.723. The summed E-state index contributed by atoms with van der Waals surface area (Å²) in [5, 5.41) is 0.467. The summed E-state index contributed by atoms with van der Waals surface area (Å²) in [5.41, 5.74) is 1.77. The summed E-state index contributed by atoms with van der Waals surface area (Å²) in [5.74, 6) is 0.727. The first-order chi connectivity index (χ1) is 7.31. The van der Waals surface area contributed by atoms with Gasteiger partial charge in [0.05, 0.1) is 7.11 Å². The number of halogens is 1. The maximum atomic E-state index is 5.86. The fraction of sp³-hybridized carbons (Fsp3) is 0.0833. The fourth-order valence-corrected chi connectivity index (χ4v) is 1.54. The smallest absolute Gasteiger partial charge is 0.145 e. The van der Waals surface area contributed by atoms with Gasteiger partial charge in [0.2, 0.25) is 0 Å². The third kappa shape index (κ3) is 2.10. The van der Waals surface area contributed by atoms with Crippen LogP contribution in [0.1, 0.15) is 0 Å². The summed E-state index contributed by atoms with van der Waals surface area (Å²) in [6.45, 7) is 0. The van der Waals surface area contributed by atoms with Crippen molar-refractivity contribution in [2.45, 2.75) is 0 Å². The number of rotatable bonds is 2. The summed E-state index contributed by atoms with van der Waals surface area (Å²) in [6, 6.07) is 13.3. The lowest BCUT2D eigenvalue weighted by Crippen LogP contribution is -1.91. The molecule has 1 aromatic carbocycles. The molecule has 0 unspecified atom stereocenters. The molecule has 0 atom stereocenters. The molecule has 1 heterocycles. The van der Waals surface area contributed by atoms with E-state index < -0.39 is 0 Å². The topological polar surface area (TPSA) is 22.1 Å². The highest BCUT2D eigenvalue weighted by Crippen LogP contribution is 2.28. The van der Waals surface area contributed by atoms with E-state index in [-0.39, 0.29) is 0 Å². The Labute approximate surface area is 93.5 Å². The Morgan fingerprint density at radius 1 is 1.07 bits per heavy atom. The number of nitrogens with zero attached hydrogens (tertiary/aromatic N) is 1. The second-order valence-electron chi connectivity index (χ2n) is 3.05. The summed E-state index contributed by atoms with van der Waals surface area (Å²) in [7, 11) is 1.62. The molecule has 0 spiro atoms. The first-order valence-electron chi connectivity index (χ1n) is 4.57. The number of benzene rings is 1. The molecule has 0 radical (unpaired) electrons. The van der Waals surface area contributed by atoms with Gasteiger partial charge in [-0.1, -0.05) is 41.9 Å². The Kier molecular flexibility index (Phi) is 2.88. The molecule has 0 saturated carbocycles. The van der Waals surface area contributed by atoms with Gasteiger partial charge in [0.25, 0.3) is 0 Å². The lowest BCUT2D eigenvalue weighted by Gasteiger charge is -2.07. The fourth-order valence-electron chi connectivity index (χ4n) is 1.39. The van der Waals surface area contributed by atoms with Crippen molar-refractivity contribution in [3.8, 4) is 17.0 Å². The Balaban J connectivity index is 2.56. The molecule has 1 aromatic heterocycles. The van der Waals surface area contributed by atoms with Crippen LogP contribution in [0, 0.1) is 0 Å². The van der Waals surface area contributed by atoms with Gasteiger partial charge >= 0.3 is 0 Å². The number of aromatic nitrogens is 1. The van der Waals surface area contributed by atoms with E-state index in [1.807, 2.05) is 36.4 Å². The van der Waals surface area contributed by atoms with Crippen molar-refractivity contribution in [2.75, 3.05) is 7.11 Å². The molecule has 0 amide bonds. The lowest BCUT2D eigenvalue weighted by molar-refractivity contribution is 0.415. The van der Waals surface area contributed by atoms with E-state index in [2.05, 4.69) is 4.98 Å². The molecule has 0 aliphatic heterocycles. The highest BCUT2D eigenvalue weighted by Gasteiger charge is 2.07. The monoisotopic (exact) mass is 219 g/mol. The highest BCUT2D eigenvalue weighted by molar-refractivity contribution is 6.29. The van der Waals surface area contributed by atoms with Crippen molar-refractivity contribution in [3.63, 3.8) is 0 Å². The van der Waals surface area contributed by atoms with Crippen LogP contribution >= 0.6 is 11.6 Å². The molecule has 0 aliphatic carbocycles. The predicted octanol–water partition coefficient (Wildman–Crippen LogP) is 3.41. The molecular weight excluding hydrogens is 210 g/mol. The first-order valence-corrected chi connectivity index (χ1v) is 4.95. The van der Waals surface area contributed by atoms with Crippen LogP contribution in [-0.4, -0.2) is 12.1 Å². The number of methoxy groups -OCH3 is 1. The van der Waals surface area contributed by atoms with Crippen LogP contribution in [0.5, 0.6) is 5.75 Å². The largest absolute Gasteiger partial charge is 0.494 e. The summed E-state index contributed by atoms with van der Waals surface area (Å²) >= 11 is 5.86. The van der Waals surface area contributed by atoms with Crippen LogP contribution in [0.25, 0.3) is 11.3 Å². The van der Waals surface area contributed by atoms with Crippen molar-refractivity contribution >= 4 is 11.6 Å². The average molecular weight is 220 g/mol. The van der Waals surface area contributed by atoms with Crippen molar-refractivity contribution in [2.24, 2.45) is 0 Å². The molecule has 2 aromatic rings. The molecule has 0 bridgehead atoms. The van der Waals surface area contributed by atoms with Crippen molar-refractivity contribution in [1.29, 1.82) is 0 Å². The van der Waals surface area contributed by atoms with E-state index in [1.54, 1.807) is 13.2 Å². The summed E-state index contributed by atoms with van der Waals surface area (Å²) in [4.78, 5) is 4.25. The minimum atomic E-state index is 0.467. The van der Waals surface area contributed by atoms with E-state index in [1.165, 1.54) is 0 Å². The third-order valence-electron chi connectivity index (χ3n) is 2.09. The molecule has 2 nitrogen and oxygen atoms in total. The van der Waals surface area contributed by atoms with Crippen LogP contribution in [-0.2, 0) is 0 Å². The third-order valence-corrected chi connectivity index (χ3v) is 2.30. The van der Waals surface area contributed by atoms with Crippen LogP contribution in [0.3, 0.4) is 0 Å². The maximum absolute atomic E-state index is 5.86. The highest BCUT2D eigenvalue weighted by atomic mass is 35.5. The zero-order valence-electron chi connectivity index (χ0n) is 8.27. The first kappa shape index (κ1) is 9.99. The maximum Gasteiger partial charge on any atom is 0.145 e. The van der Waals surface area contributed by atoms with Gasteiger partial charge in [0, 0.05) is 5.56 Å². The standard InChI is InChI=1S/C12H10ClNO/c1-15-10-7-8-11(13)14-12(10)9-5-3-2-4-6-9/h2-8H,1H3. The van der Waals surface area contributed by atoms with Crippen molar-refractivity contribution < 1.29 is 4.74 Å². The van der Waals surface area contributed by atoms with Crippen molar-refractivity contribution in [3.05, 3.63) is 47.6 Å². The Bertz CT molecular complexity index is 456. The molecule has 0 saturated heterocycles. The SMILES string of the molecule is COc1ccc(Cl)nc1-c1ccccc1. The molecule has 0 aliphatic rings. The Morgan fingerprint density at radius 3 is 2.47 bits per heavy atom. The van der Waals surface area contributed by atoms with Gasteiger partial charge in [0.15, 0.2) is 0 Å². The second-order valence-corrected chi connectivity index (χ2v) is 3.44. The van der Waals surface area contributed by atoms with E-state index in [0.717, 1.165) is 17.0 Å². The summed E-state index contributed by atoms with van der Waals surface area (Å²) in [6.07, 6.45) is 0. The van der Waals surface area contributed by atoms with Gasteiger partial charge < -0.3 is 4.74 Å². The van der Waals surface area contributed by atoms with E-state index >= 15 is 0 Å². The molecule has 2 rings (SSSR count). The average Bonchev–Trinajstić information content (AvgIpc) is 2.30. The zero-order valence-corrected chi connectivity index (χ0v) is 9.03. The minimum absolute atomic E-state index is 0.467. The van der Waals surface area contributed by atoms with E-state index in [0.29, 0.717) is 5.15 Å². The zero-order chi connectivity index (χ0) is 10.7. The van der Waals surface area contributed by atoms with E-state index in [9.17, 15) is 0 Å². The summed E-state index contributed by atoms with van der Waals surface area (Å²) < 4.78 is 5.23. The molecule has 0 N–H and O–H groups in total. The van der Waals surface area contributed by atoms with Crippen LogP contribution in [0.2, 0.25) is 5.15 Å². The number of ether oxygens (including phenoxy) is 1. The van der Waals surface area contributed by atoms with Crippen LogP contribution < -0.4 is 4.74 Å². The second kappa shape index (κ2) is 4.32. The van der Waals surface area contributed by atoms with Gasteiger partial charge in [-0.15, -0.1) is 0 Å². The van der Waals surface area contributed by atoms with Crippen LogP contribution in [0.15, 0.2) is 42.5 Å². The predicted molar refractivity (Wildman–Crippen MR) is 61.2 cm³/mol. The van der Waals surface area contributed by atoms with Crippen molar-refractivity contribution in [1.82, 2.24) is 4.98 Å². The Morgan fingerprint density at radius 2 is 1.80 bits per heavy atom. The van der Waals surface area contributed by atoms with Crippen LogP contribution in [0.4, 0.5) is 0 Å². The van der Waals surface area contributed by atoms with Gasteiger partial charge in [0.1, 0.15) is 16.6 Å². The molecule has 15 heavy (non-hydrogen) atoms. The number of pyridine rings is 1. The van der Waals surface area contributed by atoms with Gasteiger partial charge in [-0.25, -0.2) is 4.98 Å². The normalized spacial score (nSPS) is 10.0. The minimum Gasteiger partial charge on any atom is -0.494 e. The van der Waals surface area contributed by atoms with E-state index in [4.69, 9.17) is 16.3 Å². The molecule has 76 valence electrons. The molecule has 0 fully saturated rings. The van der Waals surface area contributed by atoms with Gasteiger partial charge in [-0.05, 0) is 12.1 Å². The number of hydrogen-bond acceptors (Lipinski definition) is 2. The van der Waals surface area contributed by atoms with Gasteiger partial charge in [-0.3, -0.25) is 0 Å². The molecule has 3 heteroatoms.